The highest BCUT2D eigenvalue weighted by Crippen LogP contribution is 2.22. The first-order valence-electron chi connectivity index (χ1n) is 4.57. The molecule has 0 atom stereocenters. The lowest BCUT2D eigenvalue weighted by Crippen LogP contribution is -2.05. The zero-order valence-electron chi connectivity index (χ0n) is 8.08. The Labute approximate surface area is 78.4 Å². The van der Waals surface area contributed by atoms with Gasteiger partial charge in [-0.3, -0.25) is 4.84 Å². The number of hydrogen-bond acceptors (Lipinski definition) is 1. The van der Waals surface area contributed by atoms with Crippen LogP contribution >= 0.6 is 0 Å². The van der Waals surface area contributed by atoms with Crippen LogP contribution in [-0.4, -0.2) is 17.6 Å². The molecule has 1 aliphatic rings. The topological polar surface area (TPSA) is 12.2 Å². The fourth-order valence-corrected chi connectivity index (χ4v) is 1.43. The van der Waals surface area contributed by atoms with Crippen LogP contribution in [0, 0.1) is 6.92 Å². The lowest BCUT2D eigenvalue weighted by Gasteiger charge is -1.97. The van der Waals surface area contributed by atoms with Crippen molar-refractivity contribution in [3.05, 3.63) is 29.8 Å². The molecule has 1 fully saturated rings. The first-order chi connectivity index (χ1) is 6.31. The zero-order chi connectivity index (χ0) is 9.26. The van der Waals surface area contributed by atoms with Gasteiger partial charge in [0, 0.05) is 29.7 Å². The second-order valence-electron chi connectivity index (χ2n) is 3.38. The van der Waals surface area contributed by atoms with Crippen molar-refractivity contribution >= 4 is 11.4 Å². The van der Waals surface area contributed by atoms with Crippen LogP contribution < -0.4 is 0 Å². The van der Waals surface area contributed by atoms with E-state index in [0.717, 1.165) is 5.69 Å². The highest BCUT2D eigenvalue weighted by atomic mass is 16.7. The summed E-state index contributed by atoms with van der Waals surface area (Å²) < 4.78 is 1.92. The van der Waals surface area contributed by atoms with E-state index < -0.39 is 0 Å². The average Bonchev–Trinajstić information content (AvgIpc) is 2.90. The standard InChI is InChI=1S/C11H14NO/c1-9-4-3-5-11(8-9)12(13-2)10-6-7-10/h3-5,8H,6-7H2,1-2H3/q+1. The molecule has 1 aliphatic carbocycles. The van der Waals surface area contributed by atoms with Crippen LogP contribution in [0.4, 0.5) is 5.69 Å². The summed E-state index contributed by atoms with van der Waals surface area (Å²) in [7, 11) is 1.72. The maximum atomic E-state index is 5.31. The molecule has 0 radical (unpaired) electrons. The lowest BCUT2D eigenvalue weighted by atomic mass is 10.2. The van der Waals surface area contributed by atoms with E-state index in [1.807, 2.05) is 4.74 Å². The molecule has 0 N–H and O–H groups in total. The lowest BCUT2D eigenvalue weighted by molar-refractivity contribution is -0.719. The van der Waals surface area contributed by atoms with E-state index in [1.165, 1.54) is 24.1 Å². The molecule has 0 aromatic heterocycles. The second-order valence-corrected chi connectivity index (χ2v) is 3.38. The van der Waals surface area contributed by atoms with Gasteiger partial charge in [0.2, 0.25) is 5.71 Å². The summed E-state index contributed by atoms with van der Waals surface area (Å²) in [6, 6.07) is 8.35. The molecule has 1 aromatic rings. The fraction of sp³-hybridized carbons (Fsp3) is 0.364. The van der Waals surface area contributed by atoms with Crippen molar-refractivity contribution in [2.45, 2.75) is 19.8 Å². The van der Waals surface area contributed by atoms with Crippen molar-refractivity contribution in [3.63, 3.8) is 0 Å². The van der Waals surface area contributed by atoms with Crippen molar-refractivity contribution in [2.24, 2.45) is 0 Å². The molecular weight excluding hydrogens is 162 g/mol. The van der Waals surface area contributed by atoms with E-state index in [0.29, 0.717) is 0 Å². The minimum Gasteiger partial charge on any atom is -0.274 e. The number of aryl methyl sites for hydroxylation is 1. The molecule has 0 aliphatic heterocycles. The Morgan fingerprint density at radius 2 is 2.08 bits per heavy atom. The van der Waals surface area contributed by atoms with Crippen molar-refractivity contribution < 1.29 is 9.58 Å². The Morgan fingerprint density at radius 3 is 2.62 bits per heavy atom. The molecule has 0 spiro atoms. The van der Waals surface area contributed by atoms with Crippen molar-refractivity contribution in [1.29, 1.82) is 0 Å². The summed E-state index contributed by atoms with van der Waals surface area (Å²) in [6.07, 6.45) is 2.34. The van der Waals surface area contributed by atoms with Crippen LogP contribution in [0.1, 0.15) is 18.4 Å². The average molecular weight is 176 g/mol. The first kappa shape index (κ1) is 8.30. The zero-order valence-corrected chi connectivity index (χ0v) is 8.08. The quantitative estimate of drug-likeness (QED) is 0.498. The summed E-state index contributed by atoms with van der Waals surface area (Å²) in [5.41, 5.74) is 3.77. The van der Waals surface area contributed by atoms with Gasteiger partial charge in [0.15, 0.2) is 0 Å². The summed E-state index contributed by atoms with van der Waals surface area (Å²) >= 11 is 0. The van der Waals surface area contributed by atoms with Crippen LogP contribution in [0.5, 0.6) is 0 Å². The van der Waals surface area contributed by atoms with Gasteiger partial charge in [0.25, 0.3) is 5.69 Å². The molecule has 13 heavy (non-hydrogen) atoms. The molecule has 0 unspecified atom stereocenters. The highest BCUT2D eigenvalue weighted by molar-refractivity contribution is 5.94. The maximum absolute atomic E-state index is 5.31. The number of nitrogens with zero attached hydrogens (tertiary/aromatic N) is 1. The largest absolute Gasteiger partial charge is 0.274 e. The van der Waals surface area contributed by atoms with Crippen LogP contribution in [0.15, 0.2) is 24.3 Å². The van der Waals surface area contributed by atoms with Gasteiger partial charge >= 0.3 is 0 Å². The van der Waals surface area contributed by atoms with Gasteiger partial charge in [-0.2, -0.15) is 0 Å². The summed E-state index contributed by atoms with van der Waals surface area (Å²) in [6.45, 7) is 2.09. The van der Waals surface area contributed by atoms with Gasteiger partial charge in [0.1, 0.15) is 7.11 Å². The molecule has 2 nitrogen and oxygen atoms in total. The van der Waals surface area contributed by atoms with E-state index in [-0.39, 0.29) is 0 Å². The molecule has 0 bridgehead atoms. The van der Waals surface area contributed by atoms with E-state index in [9.17, 15) is 0 Å². The van der Waals surface area contributed by atoms with Gasteiger partial charge < -0.3 is 0 Å². The predicted molar refractivity (Wildman–Crippen MR) is 52.3 cm³/mol. The molecule has 0 saturated heterocycles. The van der Waals surface area contributed by atoms with E-state index in [2.05, 4.69) is 31.2 Å². The Kier molecular flexibility index (Phi) is 2.05. The van der Waals surface area contributed by atoms with Crippen molar-refractivity contribution in [1.82, 2.24) is 0 Å². The third kappa shape index (κ3) is 1.72. The van der Waals surface area contributed by atoms with Crippen molar-refractivity contribution in [3.8, 4) is 0 Å². The summed E-state index contributed by atoms with van der Waals surface area (Å²) in [4.78, 5) is 5.31. The van der Waals surface area contributed by atoms with Gasteiger partial charge in [-0.05, 0) is 12.5 Å². The minimum absolute atomic E-state index is 1.13. The van der Waals surface area contributed by atoms with Crippen LogP contribution in [0.3, 0.4) is 0 Å². The van der Waals surface area contributed by atoms with E-state index in [4.69, 9.17) is 4.84 Å². The van der Waals surface area contributed by atoms with Gasteiger partial charge in [-0.15, -0.1) is 0 Å². The number of rotatable bonds is 2. The molecular formula is C11H14NO+. The summed E-state index contributed by atoms with van der Waals surface area (Å²) in [5.74, 6) is 0. The molecule has 2 heteroatoms. The Bertz CT molecular complexity index is 349. The number of hydrogen-bond donors (Lipinski definition) is 0. The van der Waals surface area contributed by atoms with Gasteiger partial charge in [-0.1, -0.05) is 12.1 Å². The van der Waals surface area contributed by atoms with Crippen LogP contribution in [0.25, 0.3) is 0 Å². The third-order valence-corrected chi connectivity index (χ3v) is 2.18. The van der Waals surface area contributed by atoms with E-state index in [1.54, 1.807) is 7.11 Å². The van der Waals surface area contributed by atoms with Crippen molar-refractivity contribution in [2.75, 3.05) is 7.11 Å². The van der Waals surface area contributed by atoms with E-state index >= 15 is 0 Å². The SMILES string of the molecule is CO[N+](=C1CC1)c1cccc(C)c1. The minimum atomic E-state index is 1.13. The monoisotopic (exact) mass is 176 g/mol. The predicted octanol–water partition coefficient (Wildman–Crippen LogP) is 2.44. The Hall–Kier alpha value is -1.31. The third-order valence-electron chi connectivity index (χ3n) is 2.18. The van der Waals surface area contributed by atoms with Gasteiger partial charge in [-0.25, -0.2) is 0 Å². The Morgan fingerprint density at radius 1 is 1.31 bits per heavy atom. The van der Waals surface area contributed by atoms with Crippen LogP contribution in [-0.2, 0) is 4.84 Å². The van der Waals surface area contributed by atoms with Crippen LogP contribution in [0.2, 0.25) is 0 Å². The number of benzene rings is 1. The van der Waals surface area contributed by atoms with Gasteiger partial charge in [0.05, 0.1) is 0 Å². The molecule has 68 valence electrons. The first-order valence-corrected chi connectivity index (χ1v) is 4.57. The molecule has 0 heterocycles. The molecule has 1 aromatic carbocycles. The molecule has 0 amide bonds. The highest BCUT2D eigenvalue weighted by Gasteiger charge is 2.30. The smallest absolute Gasteiger partial charge is 0.257 e. The second kappa shape index (κ2) is 3.21. The molecule has 2 rings (SSSR count). The Balaban J connectivity index is 2.39. The molecule has 1 saturated carbocycles. The normalized spacial score (nSPS) is 14.2. The summed E-state index contributed by atoms with van der Waals surface area (Å²) in [5, 5.41) is 0. The fourth-order valence-electron chi connectivity index (χ4n) is 1.43. The maximum Gasteiger partial charge on any atom is 0.257 e.